The van der Waals surface area contributed by atoms with E-state index in [0.717, 1.165) is 30.6 Å². The van der Waals surface area contributed by atoms with Crippen molar-refractivity contribution in [1.29, 1.82) is 0 Å². The fourth-order valence-corrected chi connectivity index (χ4v) is 2.17. The van der Waals surface area contributed by atoms with Crippen LogP contribution in [0.4, 0.5) is 17.6 Å². The summed E-state index contributed by atoms with van der Waals surface area (Å²) in [6, 6.07) is 13.6. The lowest BCUT2D eigenvalue weighted by Crippen LogP contribution is -2.09. The Hall–Kier alpha value is -3.02. The average Bonchev–Trinajstić information content (AvgIpc) is 2.63. The summed E-state index contributed by atoms with van der Waals surface area (Å²) in [5.74, 6) is 1.73. The van der Waals surface area contributed by atoms with Gasteiger partial charge in [0.05, 0.1) is 0 Å². The first-order valence-corrected chi connectivity index (χ1v) is 8.07. The highest BCUT2D eigenvalue weighted by molar-refractivity contribution is 5.60. The zero-order chi connectivity index (χ0) is 16.6. The third-order valence-electron chi connectivity index (χ3n) is 3.42. The molecule has 0 saturated carbocycles. The van der Waals surface area contributed by atoms with Crippen LogP contribution < -0.4 is 10.6 Å². The Morgan fingerprint density at radius 1 is 0.875 bits per heavy atom. The molecule has 122 valence electrons. The van der Waals surface area contributed by atoms with Gasteiger partial charge in [0.1, 0.15) is 0 Å². The summed E-state index contributed by atoms with van der Waals surface area (Å²) in [6.07, 6.45) is 5.63. The Kier molecular flexibility index (Phi) is 5.29. The molecule has 0 aliphatic carbocycles. The van der Waals surface area contributed by atoms with E-state index in [4.69, 9.17) is 0 Å². The Bertz CT molecular complexity index is 761. The molecule has 24 heavy (non-hydrogen) atoms. The minimum Gasteiger partial charge on any atom is -0.354 e. The van der Waals surface area contributed by atoms with Gasteiger partial charge in [0, 0.05) is 30.2 Å². The van der Waals surface area contributed by atoms with E-state index in [0.29, 0.717) is 17.7 Å². The van der Waals surface area contributed by atoms with Crippen molar-refractivity contribution in [3.8, 4) is 11.4 Å². The van der Waals surface area contributed by atoms with Gasteiger partial charge in [-0.2, -0.15) is 15.0 Å². The van der Waals surface area contributed by atoms with E-state index in [2.05, 4.69) is 37.5 Å². The minimum absolute atomic E-state index is 0.508. The standard InChI is InChI=1S/C18H20N6/c1-2-3-11-20-17-22-16(14-7-5-4-6-8-14)23-18(24-17)21-15-9-12-19-13-10-15/h4-10,12-13H,2-3,11H2,1H3,(H2,19,20,21,22,23,24). The van der Waals surface area contributed by atoms with E-state index in [1.165, 1.54) is 0 Å². The summed E-state index contributed by atoms with van der Waals surface area (Å²) in [5, 5.41) is 6.47. The molecule has 2 heterocycles. The SMILES string of the molecule is CCCCNc1nc(Nc2ccncc2)nc(-c2ccccc2)n1. The zero-order valence-electron chi connectivity index (χ0n) is 13.6. The quantitative estimate of drug-likeness (QED) is 0.643. The number of hydrogen-bond acceptors (Lipinski definition) is 6. The number of pyridine rings is 1. The van der Waals surface area contributed by atoms with Crippen molar-refractivity contribution in [1.82, 2.24) is 19.9 Å². The van der Waals surface area contributed by atoms with Crippen molar-refractivity contribution in [3.63, 3.8) is 0 Å². The van der Waals surface area contributed by atoms with Gasteiger partial charge in [-0.1, -0.05) is 43.7 Å². The fraction of sp³-hybridized carbons (Fsp3) is 0.222. The number of nitrogens with one attached hydrogen (secondary N) is 2. The van der Waals surface area contributed by atoms with Crippen LogP contribution in [0.2, 0.25) is 0 Å². The molecule has 2 aromatic heterocycles. The lowest BCUT2D eigenvalue weighted by Gasteiger charge is -2.10. The summed E-state index contributed by atoms with van der Waals surface area (Å²) in [4.78, 5) is 17.5. The number of rotatable bonds is 7. The average molecular weight is 320 g/mol. The van der Waals surface area contributed by atoms with Crippen molar-refractivity contribution in [2.75, 3.05) is 17.2 Å². The Morgan fingerprint density at radius 2 is 1.62 bits per heavy atom. The van der Waals surface area contributed by atoms with E-state index in [-0.39, 0.29) is 0 Å². The fourth-order valence-electron chi connectivity index (χ4n) is 2.17. The van der Waals surface area contributed by atoms with Crippen molar-refractivity contribution in [3.05, 3.63) is 54.9 Å². The number of nitrogens with zero attached hydrogens (tertiary/aromatic N) is 4. The first-order valence-electron chi connectivity index (χ1n) is 8.07. The molecule has 6 nitrogen and oxygen atoms in total. The van der Waals surface area contributed by atoms with Crippen LogP contribution in [0.5, 0.6) is 0 Å². The molecule has 3 aromatic rings. The molecular formula is C18H20N6. The van der Waals surface area contributed by atoms with Crippen LogP contribution in [0.15, 0.2) is 54.9 Å². The third-order valence-corrected chi connectivity index (χ3v) is 3.42. The number of aromatic nitrogens is 4. The molecule has 0 aliphatic heterocycles. The number of benzene rings is 1. The largest absolute Gasteiger partial charge is 0.354 e. The monoisotopic (exact) mass is 320 g/mol. The maximum Gasteiger partial charge on any atom is 0.232 e. The van der Waals surface area contributed by atoms with Crippen LogP contribution in [0, 0.1) is 0 Å². The van der Waals surface area contributed by atoms with Gasteiger partial charge in [-0.15, -0.1) is 0 Å². The van der Waals surface area contributed by atoms with E-state index < -0.39 is 0 Å². The van der Waals surface area contributed by atoms with Crippen molar-refractivity contribution in [2.45, 2.75) is 19.8 Å². The molecule has 0 unspecified atom stereocenters. The van der Waals surface area contributed by atoms with Gasteiger partial charge in [0.15, 0.2) is 5.82 Å². The van der Waals surface area contributed by atoms with E-state index >= 15 is 0 Å². The first kappa shape index (κ1) is 15.9. The lowest BCUT2D eigenvalue weighted by atomic mass is 10.2. The van der Waals surface area contributed by atoms with Crippen LogP contribution >= 0.6 is 0 Å². The van der Waals surface area contributed by atoms with Gasteiger partial charge < -0.3 is 10.6 Å². The molecule has 0 radical (unpaired) electrons. The second-order valence-electron chi connectivity index (χ2n) is 5.31. The number of anilines is 3. The van der Waals surface area contributed by atoms with Crippen molar-refractivity contribution < 1.29 is 0 Å². The first-order chi connectivity index (χ1) is 11.8. The van der Waals surface area contributed by atoms with Gasteiger partial charge in [-0.25, -0.2) is 0 Å². The topological polar surface area (TPSA) is 75.6 Å². The molecule has 0 saturated heterocycles. The molecule has 0 aliphatic rings. The predicted molar refractivity (Wildman–Crippen MR) is 96.2 cm³/mol. The smallest absolute Gasteiger partial charge is 0.232 e. The predicted octanol–water partition coefficient (Wildman–Crippen LogP) is 3.89. The van der Waals surface area contributed by atoms with Gasteiger partial charge in [-0.3, -0.25) is 4.98 Å². The van der Waals surface area contributed by atoms with Crippen molar-refractivity contribution in [2.24, 2.45) is 0 Å². The zero-order valence-corrected chi connectivity index (χ0v) is 13.6. The summed E-state index contributed by atoms with van der Waals surface area (Å²) in [6.45, 7) is 2.99. The summed E-state index contributed by atoms with van der Waals surface area (Å²) < 4.78 is 0. The van der Waals surface area contributed by atoms with Crippen LogP contribution in [0.1, 0.15) is 19.8 Å². The molecule has 0 spiro atoms. The van der Waals surface area contributed by atoms with Gasteiger partial charge in [0.2, 0.25) is 11.9 Å². The number of unbranched alkanes of at least 4 members (excludes halogenated alkanes) is 1. The van der Waals surface area contributed by atoms with E-state index in [1.54, 1.807) is 12.4 Å². The van der Waals surface area contributed by atoms with E-state index in [1.807, 2.05) is 42.5 Å². The molecule has 0 atom stereocenters. The van der Waals surface area contributed by atoms with Gasteiger partial charge in [0.25, 0.3) is 0 Å². The minimum atomic E-state index is 0.508. The summed E-state index contributed by atoms with van der Waals surface area (Å²) in [7, 11) is 0. The lowest BCUT2D eigenvalue weighted by molar-refractivity contribution is 0.825. The highest BCUT2D eigenvalue weighted by Gasteiger charge is 2.08. The number of hydrogen-bond donors (Lipinski definition) is 2. The second kappa shape index (κ2) is 8.01. The maximum atomic E-state index is 4.53. The van der Waals surface area contributed by atoms with Gasteiger partial charge >= 0.3 is 0 Å². The normalized spacial score (nSPS) is 10.4. The van der Waals surface area contributed by atoms with Gasteiger partial charge in [-0.05, 0) is 18.6 Å². The molecule has 1 aromatic carbocycles. The van der Waals surface area contributed by atoms with Crippen LogP contribution in [0.3, 0.4) is 0 Å². The van der Waals surface area contributed by atoms with Crippen molar-refractivity contribution >= 4 is 17.6 Å². The van der Waals surface area contributed by atoms with Crippen LogP contribution in [-0.2, 0) is 0 Å². The Morgan fingerprint density at radius 3 is 2.38 bits per heavy atom. The van der Waals surface area contributed by atoms with Crippen LogP contribution in [-0.4, -0.2) is 26.5 Å². The third kappa shape index (κ3) is 4.25. The molecule has 0 fully saturated rings. The molecule has 2 N–H and O–H groups in total. The summed E-state index contributed by atoms with van der Waals surface area (Å²) in [5.41, 5.74) is 1.84. The highest BCUT2D eigenvalue weighted by atomic mass is 15.2. The Labute approximate surface area is 141 Å². The second-order valence-corrected chi connectivity index (χ2v) is 5.31. The molecule has 3 rings (SSSR count). The Balaban J connectivity index is 1.90. The molecular weight excluding hydrogens is 300 g/mol. The molecule has 0 bridgehead atoms. The highest BCUT2D eigenvalue weighted by Crippen LogP contribution is 2.19. The van der Waals surface area contributed by atoms with Crippen LogP contribution in [0.25, 0.3) is 11.4 Å². The molecule has 0 amide bonds. The maximum absolute atomic E-state index is 4.53. The summed E-state index contributed by atoms with van der Waals surface area (Å²) >= 11 is 0. The molecule has 6 heteroatoms. The van der Waals surface area contributed by atoms with E-state index in [9.17, 15) is 0 Å².